The minimum absolute atomic E-state index is 0.121. The lowest BCUT2D eigenvalue weighted by Gasteiger charge is -2.15. The third-order valence-electron chi connectivity index (χ3n) is 5.03. The topological polar surface area (TPSA) is 88.2 Å². The molecule has 29 heavy (non-hydrogen) atoms. The van der Waals surface area contributed by atoms with E-state index in [1.165, 1.54) is 5.56 Å². The molecule has 7 nitrogen and oxygen atoms in total. The van der Waals surface area contributed by atoms with Gasteiger partial charge in [0.05, 0.1) is 12.0 Å². The van der Waals surface area contributed by atoms with Gasteiger partial charge < -0.3 is 20.7 Å². The molecule has 4 rings (SSSR count). The number of nitrogens with zero attached hydrogens (tertiary/aromatic N) is 2. The van der Waals surface area contributed by atoms with Gasteiger partial charge in [0.25, 0.3) is 5.91 Å². The molecule has 0 saturated heterocycles. The molecule has 0 unspecified atom stereocenters. The van der Waals surface area contributed by atoms with Gasteiger partial charge in [-0.2, -0.15) is 4.98 Å². The lowest BCUT2D eigenvalue weighted by molar-refractivity contribution is 0.0937. The van der Waals surface area contributed by atoms with Crippen LogP contribution in [0.3, 0.4) is 0 Å². The van der Waals surface area contributed by atoms with Crippen molar-refractivity contribution in [2.24, 2.45) is 0 Å². The number of ether oxygens (including phenoxy) is 1. The molecule has 1 saturated carbocycles. The molecule has 1 amide bonds. The molecule has 2 aromatic heterocycles. The fraction of sp³-hybridized carbons (Fsp3) is 0.381. The van der Waals surface area contributed by atoms with Gasteiger partial charge in [0, 0.05) is 30.4 Å². The maximum Gasteiger partial charge on any atom is 0.251 e. The number of anilines is 3. The molecule has 152 valence electrons. The summed E-state index contributed by atoms with van der Waals surface area (Å²) < 4.78 is 4.95. The lowest BCUT2D eigenvalue weighted by atomic mass is 10.2. The smallest absolute Gasteiger partial charge is 0.251 e. The number of benzene rings is 1. The van der Waals surface area contributed by atoms with Crippen molar-refractivity contribution in [2.45, 2.75) is 32.2 Å². The molecule has 1 fully saturated rings. The highest BCUT2D eigenvalue weighted by atomic mass is 32.1. The summed E-state index contributed by atoms with van der Waals surface area (Å²) in [7, 11) is 1.61. The Kier molecular flexibility index (Phi) is 5.38. The molecule has 3 aromatic rings. The zero-order chi connectivity index (χ0) is 20.4. The van der Waals surface area contributed by atoms with Gasteiger partial charge in [-0.05, 0) is 61.9 Å². The normalized spacial score (nSPS) is 14.6. The van der Waals surface area contributed by atoms with Crippen LogP contribution in [0.4, 0.5) is 17.5 Å². The Morgan fingerprint density at radius 2 is 2.00 bits per heavy atom. The van der Waals surface area contributed by atoms with E-state index in [0.29, 0.717) is 24.7 Å². The summed E-state index contributed by atoms with van der Waals surface area (Å²) in [5.74, 6) is 1.30. The first-order valence-corrected chi connectivity index (χ1v) is 10.5. The number of methoxy groups -OCH3 is 1. The van der Waals surface area contributed by atoms with Crippen molar-refractivity contribution in [3.8, 4) is 0 Å². The van der Waals surface area contributed by atoms with Gasteiger partial charge >= 0.3 is 0 Å². The predicted molar refractivity (Wildman–Crippen MR) is 117 cm³/mol. The number of hydrogen-bond donors (Lipinski definition) is 3. The van der Waals surface area contributed by atoms with Crippen molar-refractivity contribution in [3.05, 3.63) is 40.8 Å². The van der Waals surface area contributed by atoms with Crippen molar-refractivity contribution in [1.82, 2.24) is 15.3 Å². The van der Waals surface area contributed by atoms with Crippen LogP contribution >= 0.6 is 11.3 Å². The van der Waals surface area contributed by atoms with Crippen molar-refractivity contribution in [2.75, 3.05) is 30.9 Å². The van der Waals surface area contributed by atoms with Gasteiger partial charge in [-0.3, -0.25) is 4.79 Å². The summed E-state index contributed by atoms with van der Waals surface area (Å²) in [6.07, 6.45) is 2.30. The average molecular weight is 412 g/mol. The number of nitrogens with one attached hydrogen (secondary N) is 3. The predicted octanol–water partition coefficient (Wildman–Crippen LogP) is 4.08. The maximum atomic E-state index is 12.1. The first-order valence-electron chi connectivity index (χ1n) is 9.66. The summed E-state index contributed by atoms with van der Waals surface area (Å²) in [5, 5.41) is 12.9. The van der Waals surface area contributed by atoms with E-state index in [4.69, 9.17) is 9.72 Å². The molecule has 0 spiro atoms. The van der Waals surface area contributed by atoms with Gasteiger partial charge in [-0.25, -0.2) is 4.98 Å². The molecule has 0 radical (unpaired) electrons. The van der Waals surface area contributed by atoms with Gasteiger partial charge in [0.2, 0.25) is 5.95 Å². The molecule has 1 aliphatic rings. The van der Waals surface area contributed by atoms with Crippen LogP contribution in [-0.4, -0.2) is 41.7 Å². The molecular formula is C21H25N5O2S. The Labute approximate surface area is 173 Å². The Morgan fingerprint density at radius 1 is 1.24 bits per heavy atom. The maximum absolute atomic E-state index is 12.1. The van der Waals surface area contributed by atoms with E-state index in [2.05, 4.69) is 40.2 Å². The number of thiophene rings is 1. The largest absolute Gasteiger partial charge is 0.383 e. The van der Waals surface area contributed by atoms with E-state index in [1.807, 2.05) is 12.1 Å². The highest BCUT2D eigenvalue weighted by Crippen LogP contribution is 2.40. The van der Waals surface area contributed by atoms with Crippen LogP contribution in [0.1, 0.15) is 35.7 Å². The molecule has 0 aliphatic heterocycles. The van der Waals surface area contributed by atoms with E-state index in [9.17, 15) is 4.79 Å². The second-order valence-corrected chi connectivity index (χ2v) is 8.49. The van der Waals surface area contributed by atoms with Gasteiger partial charge in [0.1, 0.15) is 10.6 Å². The van der Waals surface area contributed by atoms with Crippen LogP contribution in [0.15, 0.2) is 29.6 Å². The quantitative estimate of drug-likeness (QED) is 0.484. The van der Waals surface area contributed by atoms with Crippen LogP contribution in [0, 0.1) is 6.92 Å². The Balaban J connectivity index is 1.52. The summed E-state index contributed by atoms with van der Waals surface area (Å²) in [4.78, 5) is 22.5. The third-order valence-corrected chi connectivity index (χ3v) is 6.02. The van der Waals surface area contributed by atoms with Crippen LogP contribution in [0.2, 0.25) is 0 Å². The van der Waals surface area contributed by atoms with Crippen molar-refractivity contribution >= 4 is 44.9 Å². The summed E-state index contributed by atoms with van der Waals surface area (Å²) in [5.41, 5.74) is 2.74. The number of fused-ring (bicyclic) bond motifs is 1. The molecular weight excluding hydrogens is 386 g/mol. The molecule has 8 heteroatoms. The van der Waals surface area contributed by atoms with Gasteiger partial charge in [-0.15, -0.1) is 11.3 Å². The number of hydrogen-bond acceptors (Lipinski definition) is 7. The van der Waals surface area contributed by atoms with Crippen molar-refractivity contribution in [1.29, 1.82) is 0 Å². The molecule has 1 aliphatic carbocycles. The van der Waals surface area contributed by atoms with Crippen molar-refractivity contribution < 1.29 is 9.53 Å². The zero-order valence-corrected chi connectivity index (χ0v) is 17.7. The van der Waals surface area contributed by atoms with E-state index >= 15 is 0 Å². The fourth-order valence-electron chi connectivity index (χ4n) is 3.03. The monoisotopic (exact) mass is 411 g/mol. The summed E-state index contributed by atoms with van der Waals surface area (Å²) in [6, 6.07) is 7.27. The first-order chi connectivity index (χ1) is 14.0. The molecule has 0 bridgehead atoms. The number of rotatable bonds is 8. The minimum Gasteiger partial charge on any atom is -0.383 e. The van der Waals surface area contributed by atoms with Crippen molar-refractivity contribution in [3.63, 3.8) is 0 Å². The van der Waals surface area contributed by atoms with Crippen LogP contribution < -0.4 is 16.0 Å². The summed E-state index contributed by atoms with van der Waals surface area (Å²) >= 11 is 1.62. The lowest BCUT2D eigenvalue weighted by Crippen LogP contribution is -2.26. The Morgan fingerprint density at radius 3 is 2.69 bits per heavy atom. The highest BCUT2D eigenvalue weighted by molar-refractivity contribution is 7.17. The Hall–Kier alpha value is -2.71. The number of carbonyl (C=O) groups is 1. The SMILES string of the molecule is COCCNC(=O)c1ccc(Nc2nc(NC3(C)CC3)c3c(C)csc3n2)cc1. The number of aryl methyl sites for hydroxylation is 1. The molecule has 0 atom stereocenters. The average Bonchev–Trinajstić information content (AvgIpc) is 3.31. The third kappa shape index (κ3) is 4.49. The zero-order valence-electron chi connectivity index (χ0n) is 16.8. The number of carbonyl (C=O) groups excluding carboxylic acids is 1. The second kappa shape index (κ2) is 7.96. The Bertz CT molecular complexity index is 1030. The molecule has 3 N–H and O–H groups in total. The summed E-state index contributed by atoms with van der Waals surface area (Å²) in [6.45, 7) is 5.28. The van der Waals surface area contributed by atoms with E-state index in [-0.39, 0.29) is 11.4 Å². The van der Waals surface area contributed by atoms with Gasteiger partial charge in [-0.1, -0.05) is 0 Å². The van der Waals surface area contributed by atoms with E-state index in [1.54, 1.807) is 30.6 Å². The molecule has 1 aromatic carbocycles. The van der Waals surface area contributed by atoms with Crippen LogP contribution in [-0.2, 0) is 4.74 Å². The van der Waals surface area contributed by atoms with Crippen LogP contribution in [0.5, 0.6) is 0 Å². The standard InChI is InChI=1S/C21H25N5O2S/c1-13-12-29-19-16(13)17(26-21(2)8-9-21)24-20(25-19)23-15-6-4-14(5-7-15)18(27)22-10-11-28-3/h4-7,12H,8-11H2,1-3H3,(H,22,27)(H2,23,24,25,26). The van der Waals surface area contributed by atoms with E-state index < -0.39 is 0 Å². The van der Waals surface area contributed by atoms with E-state index in [0.717, 1.165) is 34.6 Å². The van der Waals surface area contributed by atoms with Crippen LogP contribution in [0.25, 0.3) is 10.2 Å². The minimum atomic E-state index is -0.121. The second-order valence-electron chi connectivity index (χ2n) is 7.63. The highest BCUT2D eigenvalue weighted by Gasteiger charge is 2.38. The fourth-order valence-corrected chi connectivity index (χ4v) is 3.95. The first kappa shape index (κ1) is 19.6. The number of aromatic nitrogens is 2. The molecule has 2 heterocycles. The number of amides is 1. The van der Waals surface area contributed by atoms with Gasteiger partial charge in [0.15, 0.2) is 0 Å².